The summed E-state index contributed by atoms with van der Waals surface area (Å²) in [6, 6.07) is 7.36. The van der Waals surface area contributed by atoms with E-state index >= 15 is 0 Å². The number of hydrogen-bond donors (Lipinski definition) is 2. The van der Waals surface area contributed by atoms with Crippen LogP contribution in [-0.2, 0) is 0 Å². The Morgan fingerprint density at radius 3 is 2.88 bits per heavy atom. The summed E-state index contributed by atoms with van der Waals surface area (Å²) in [5, 5.41) is 0. The molecule has 0 atom stereocenters. The van der Waals surface area contributed by atoms with E-state index in [1.165, 1.54) is 0 Å². The number of ether oxygens (including phenoxy) is 1. The van der Waals surface area contributed by atoms with Crippen molar-refractivity contribution in [1.82, 2.24) is 9.97 Å². The highest BCUT2D eigenvalue weighted by Gasteiger charge is 2.02. The maximum Gasteiger partial charge on any atom is 0.240 e. The monoisotopic (exact) mass is 294 g/mol. The van der Waals surface area contributed by atoms with Gasteiger partial charge >= 0.3 is 0 Å². The largest absolute Gasteiger partial charge is 0.439 e. The fourth-order valence-corrected chi connectivity index (χ4v) is 1.52. The topological polar surface area (TPSA) is 73.1 Å². The number of halogens is 1. The average molecular weight is 295 g/mol. The van der Waals surface area contributed by atoms with Crippen LogP contribution in [0.4, 0.5) is 5.95 Å². The maximum atomic E-state index is 5.59. The van der Waals surface area contributed by atoms with Crippen molar-refractivity contribution in [2.45, 2.75) is 6.92 Å². The van der Waals surface area contributed by atoms with Gasteiger partial charge in [-0.2, -0.15) is 4.98 Å². The Kier molecular flexibility index (Phi) is 3.55. The van der Waals surface area contributed by atoms with Crippen LogP contribution in [0.2, 0.25) is 0 Å². The fraction of sp³-hybridized carbons (Fsp3) is 0.0909. The van der Waals surface area contributed by atoms with Crippen molar-refractivity contribution in [1.29, 1.82) is 0 Å². The van der Waals surface area contributed by atoms with E-state index in [9.17, 15) is 0 Å². The summed E-state index contributed by atoms with van der Waals surface area (Å²) in [6.45, 7) is 1.99. The molecular weight excluding hydrogens is 284 g/mol. The molecule has 1 aromatic carbocycles. The molecule has 0 amide bonds. The lowest BCUT2D eigenvalue weighted by atomic mass is 10.2. The molecule has 1 aromatic heterocycles. The van der Waals surface area contributed by atoms with Crippen LogP contribution >= 0.6 is 15.9 Å². The number of hydrogen-bond acceptors (Lipinski definition) is 5. The van der Waals surface area contributed by atoms with Gasteiger partial charge in [0.2, 0.25) is 11.8 Å². The molecule has 2 aromatic rings. The normalized spacial score (nSPS) is 10.1. The molecule has 0 fully saturated rings. The zero-order chi connectivity index (χ0) is 12.3. The van der Waals surface area contributed by atoms with Gasteiger partial charge in [0, 0.05) is 16.7 Å². The van der Waals surface area contributed by atoms with Gasteiger partial charge in [-0.25, -0.2) is 10.8 Å². The first kappa shape index (κ1) is 11.8. The Morgan fingerprint density at radius 1 is 1.35 bits per heavy atom. The van der Waals surface area contributed by atoms with Gasteiger partial charge in [0.25, 0.3) is 0 Å². The van der Waals surface area contributed by atoms with E-state index in [0.29, 0.717) is 17.6 Å². The summed E-state index contributed by atoms with van der Waals surface area (Å²) in [6.07, 6.45) is 1.57. The second kappa shape index (κ2) is 5.11. The van der Waals surface area contributed by atoms with E-state index in [4.69, 9.17) is 10.6 Å². The minimum Gasteiger partial charge on any atom is -0.439 e. The van der Waals surface area contributed by atoms with Gasteiger partial charge in [0.1, 0.15) is 5.75 Å². The number of nitrogens with two attached hydrogens (primary N) is 1. The van der Waals surface area contributed by atoms with E-state index < -0.39 is 0 Å². The molecule has 0 aliphatic rings. The van der Waals surface area contributed by atoms with Crippen LogP contribution in [0.5, 0.6) is 11.6 Å². The van der Waals surface area contributed by atoms with Crippen LogP contribution in [0.3, 0.4) is 0 Å². The summed E-state index contributed by atoms with van der Waals surface area (Å²) in [4.78, 5) is 7.95. The molecule has 5 nitrogen and oxygen atoms in total. The average Bonchev–Trinajstić information content (AvgIpc) is 2.34. The number of aromatic nitrogens is 2. The lowest BCUT2D eigenvalue weighted by Gasteiger charge is -2.07. The van der Waals surface area contributed by atoms with Crippen LogP contribution in [0, 0.1) is 6.92 Å². The van der Waals surface area contributed by atoms with Gasteiger partial charge < -0.3 is 4.74 Å². The molecule has 0 radical (unpaired) electrons. The maximum absolute atomic E-state index is 5.59. The number of nitrogens with zero attached hydrogens (tertiary/aromatic N) is 2. The second-order valence-corrected chi connectivity index (χ2v) is 4.23. The highest BCUT2D eigenvalue weighted by molar-refractivity contribution is 9.10. The van der Waals surface area contributed by atoms with E-state index in [1.807, 2.05) is 25.1 Å². The van der Waals surface area contributed by atoms with E-state index in [0.717, 1.165) is 10.0 Å². The van der Waals surface area contributed by atoms with Crippen LogP contribution in [0.15, 0.2) is 34.9 Å². The Bertz CT molecular complexity index is 533. The van der Waals surface area contributed by atoms with Gasteiger partial charge in [-0.05, 0) is 30.7 Å². The third kappa shape index (κ3) is 2.92. The van der Waals surface area contributed by atoms with Crippen molar-refractivity contribution in [2.24, 2.45) is 5.84 Å². The molecule has 0 saturated heterocycles. The molecule has 0 aliphatic carbocycles. The lowest BCUT2D eigenvalue weighted by Crippen LogP contribution is -2.10. The van der Waals surface area contributed by atoms with E-state index in [1.54, 1.807) is 12.3 Å². The molecule has 2 rings (SSSR count). The summed E-state index contributed by atoms with van der Waals surface area (Å²) in [5.41, 5.74) is 3.46. The van der Waals surface area contributed by atoms with Crippen molar-refractivity contribution < 1.29 is 4.74 Å². The number of anilines is 1. The minimum atomic E-state index is 0.316. The number of hydrazine groups is 1. The molecule has 0 unspecified atom stereocenters. The minimum absolute atomic E-state index is 0.316. The molecule has 0 bridgehead atoms. The van der Waals surface area contributed by atoms with Crippen LogP contribution in [-0.4, -0.2) is 9.97 Å². The Hall–Kier alpha value is -1.66. The fourth-order valence-electron chi connectivity index (χ4n) is 1.27. The highest BCUT2D eigenvalue weighted by atomic mass is 79.9. The Labute approximate surface area is 107 Å². The lowest BCUT2D eigenvalue weighted by molar-refractivity contribution is 0.462. The Morgan fingerprint density at radius 2 is 2.18 bits per heavy atom. The predicted octanol–water partition coefficient (Wildman–Crippen LogP) is 2.63. The first-order valence-electron chi connectivity index (χ1n) is 4.92. The smallest absolute Gasteiger partial charge is 0.240 e. The van der Waals surface area contributed by atoms with Crippen LogP contribution in [0.1, 0.15) is 5.56 Å². The number of rotatable bonds is 3. The molecule has 1 heterocycles. The summed E-state index contributed by atoms with van der Waals surface area (Å²) in [5.74, 6) is 6.69. The summed E-state index contributed by atoms with van der Waals surface area (Å²) >= 11 is 3.43. The number of benzene rings is 1. The molecular formula is C11H11BrN4O. The number of nitrogens with one attached hydrogen (secondary N) is 1. The molecule has 0 aliphatic heterocycles. The number of aryl methyl sites for hydroxylation is 1. The zero-order valence-corrected chi connectivity index (χ0v) is 10.7. The van der Waals surface area contributed by atoms with Crippen molar-refractivity contribution in [3.8, 4) is 11.6 Å². The molecule has 0 saturated carbocycles. The third-order valence-electron chi connectivity index (χ3n) is 2.11. The molecule has 0 spiro atoms. The van der Waals surface area contributed by atoms with Crippen LogP contribution < -0.4 is 16.0 Å². The molecule has 17 heavy (non-hydrogen) atoms. The molecule has 3 N–H and O–H groups in total. The van der Waals surface area contributed by atoms with Gasteiger partial charge in [-0.1, -0.05) is 15.9 Å². The Balaban J connectivity index is 2.22. The summed E-state index contributed by atoms with van der Waals surface area (Å²) in [7, 11) is 0. The first-order valence-corrected chi connectivity index (χ1v) is 5.72. The predicted molar refractivity (Wildman–Crippen MR) is 68.8 cm³/mol. The standard InChI is InChI=1S/C11H11BrN4O/c1-7-6-8(2-3-9(7)12)17-10-4-5-14-11(15-10)16-13/h2-6H,13H2,1H3,(H,14,15,16). The molecule has 88 valence electrons. The van der Waals surface area contributed by atoms with E-state index in [-0.39, 0.29) is 0 Å². The number of nitrogen functional groups attached to an aromatic ring is 1. The van der Waals surface area contributed by atoms with Crippen molar-refractivity contribution in [3.05, 3.63) is 40.5 Å². The van der Waals surface area contributed by atoms with Gasteiger partial charge in [0.05, 0.1) is 0 Å². The molecule has 6 heteroatoms. The van der Waals surface area contributed by atoms with Gasteiger partial charge in [-0.15, -0.1) is 0 Å². The van der Waals surface area contributed by atoms with E-state index in [2.05, 4.69) is 31.3 Å². The quantitative estimate of drug-likeness (QED) is 0.672. The highest BCUT2D eigenvalue weighted by Crippen LogP contribution is 2.25. The van der Waals surface area contributed by atoms with Gasteiger partial charge in [-0.3, -0.25) is 5.43 Å². The van der Waals surface area contributed by atoms with Crippen molar-refractivity contribution in [3.63, 3.8) is 0 Å². The van der Waals surface area contributed by atoms with Crippen molar-refractivity contribution in [2.75, 3.05) is 5.43 Å². The van der Waals surface area contributed by atoms with Crippen molar-refractivity contribution >= 4 is 21.9 Å². The third-order valence-corrected chi connectivity index (χ3v) is 3.00. The summed E-state index contributed by atoms with van der Waals surface area (Å²) < 4.78 is 6.63. The SMILES string of the molecule is Cc1cc(Oc2ccnc(NN)n2)ccc1Br. The zero-order valence-electron chi connectivity index (χ0n) is 9.14. The second-order valence-electron chi connectivity index (χ2n) is 3.38. The van der Waals surface area contributed by atoms with Crippen LogP contribution in [0.25, 0.3) is 0 Å². The first-order chi connectivity index (χ1) is 8.19. The van der Waals surface area contributed by atoms with Gasteiger partial charge in [0.15, 0.2) is 0 Å².